The quantitative estimate of drug-likeness (QED) is 0.670. The summed E-state index contributed by atoms with van der Waals surface area (Å²) in [5, 5.41) is 6.61. The molecule has 0 atom stereocenters. The summed E-state index contributed by atoms with van der Waals surface area (Å²) in [4.78, 5) is 22.9. The standard InChI is InChI=1S/C15H15N3O4/c1-10(17-18-15(20)21-2)11-5-3-6-12(9-11)16-14(19)13-7-4-8-22-13/h3-9H,1-2H3,(H,16,19)(H,18,20). The zero-order valence-corrected chi connectivity index (χ0v) is 12.1. The van der Waals surface area contributed by atoms with Crippen LogP contribution in [-0.2, 0) is 4.74 Å². The number of hydrogen-bond acceptors (Lipinski definition) is 5. The smallest absolute Gasteiger partial charge is 0.427 e. The molecule has 1 aromatic heterocycles. The maximum absolute atomic E-state index is 11.9. The Morgan fingerprint density at radius 1 is 1.23 bits per heavy atom. The molecule has 2 aromatic rings. The first-order valence-electron chi connectivity index (χ1n) is 6.43. The van der Waals surface area contributed by atoms with Crippen LogP contribution in [0.1, 0.15) is 23.0 Å². The third kappa shape index (κ3) is 3.95. The van der Waals surface area contributed by atoms with E-state index < -0.39 is 6.09 Å². The fourth-order valence-corrected chi connectivity index (χ4v) is 1.66. The van der Waals surface area contributed by atoms with E-state index in [9.17, 15) is 9.59 Å². The first-order chi connectivity index (χ1) is 10.6. The number of nitrogens with one attached hydrogen (secondary N) is 2. The van der Waals surface area contributed by atoms with Crippen LogP contribution < -0.4 is 10.7 Å². The van der Waals surface area contributed by atoms with E-state index >= 15 is 0 Å². The zero-order valence-electron chi connectivity index (χ0n) is 12.1. The molecule has 0 unspecified atom stereocenters. The zero-order chi connectivity index (χ0) is 15.9. The van der Waals surface area contributed by atoms with E-state index in [1.165, 1.54) is 13.4 Å². The molecular formula is C15H15N3O4. The average molecular weight is 301 g/mol. The second-order valence-corrected chi connectivity index (χ2v) is 4.31. The summed E-state index contributed by atoms with van der Waals surface area (Å²) in [7, 11) is 1.25. The van der Waals surface area contributed by atoms with Gasteiger partial charge in [-0.2, -0.15) is 5.10 Å². The molecule has 7 nitrogen and oxygen atoms in total. The Labute approximate surface area is 127 Å². The van der Waals surface area contributed by atoms with Crippen LogP contribution in [0.2, 0.25) is 0 Å². The molecule has 2 rings (SSSR count). The fraction of sp³-hybridized carbons (Fsp3) is 0.133. The number of hydrogen-bond donors (Lipinski definition) is 2. The van der Waals surface area contributed by atoms with Crippen molar-refractivity contribution in [3.63, 3.8) is 0 Å². The number of furan rings is 1. The number of nitrogens with zero attached hydrogens (tertiary/aromatic N) is 1. The summed E-state index contributed by atoms with van der Waals surface area (Å²) in [6, 6.07) is 10.3. The number of ether oxygens (including phenoxy) is 1. The number of carbonyl (C=O) groups is 2. The minimum absolute atomic E-state index is 0.225. The van der Waals surface area contributed by atoms with Gasteiger partial charge in [0.25, 0.3) is 5.91 Å². The summed E-state index contributed by atoms with van der Waals surface area (Å²) in [5.41, 5.74) is 4.14. The molecule has 0 saturated carbocycles. The Kier molecular flexibility index (Phi) is 4.92. The summed E-state index contributed by atoms with van der Waals surface area (Å²) in [6.45, 7) is 1.73. The van der Waals surface area contributed by atoms with Crippen LogP contribution in [0, 0.1) is 0 Å². The highest BCUT2D eigenvalue weighted by Crippen LogP contribution is 2.13. The summed E-state index contributed by atoms with van der Waals surface area (Å²) < 4.78 is 9.45. The molecule has 7 heteroatoms. The Balaban J connectivity index is 2.09. The molecule has 1 heterocycles. The van der Waals surface area contributed by atoms with Gasteiger partial charge in [0.05, 0.1) is 19.1 Å². The molecule has 0 saturated heterocycles. The van der Waals surface area contributed by atoms with Crippen LogP contribution in [0.5, 0.6) is 0 Å². The van der Waals surface area contributed by atoms with Gasteiger partial charge in [0.2, 0.25) is 0 Å². The number of rotatable bonds is 4. The predicted molar refractivity (Wildman–Crippen MR) is 80.9 cm³/mol. The molecule has 1 aromatic carbocycles. The molecule has 0 aliphatic rings. The Bertz CT molecular complexity index is 693. The molecule has 114 valence electrons. The monoisotopic (exact) mass is 301 g/mol. The maximum atomic E-state index is 11.9. The minimum Gasteiger partial charge on any atom is -0.459 e. The Hall–Kier alpha value is -3.09. The van der Waals surface area contributed by atoms with Gasteiger partial charge < -0.3 is 14.5 Å². The van der Waals surface area contributed by atoms with E-state index in [0.29, 0.717) is 11.4 Å². The van der Waals surface area contributed by atoms with Gasteiger partial charge in [-0.15, -0.1) is 0 Å². The molecular weight excluding hydrogens is 286 g/mol. The number of methoxy groups -OCH3 is 1. The molecule has 0 radical (unpaired) electrons. The van der Waals surface area contributed by atoms with Gasteiger partial charge in [-0.25, -0.2) is 10.2 Å². The van der Waals surface area contributed by atoms with Crippen molar-refractivity contribution >= 4 is 23.4 Å². The second-order valence-electron chi connectivity index (χ2n) is 4.31. The third-order valence-corrected chi connectivity index (χ3v) is 2.78. The normalized spacial score (nSPS) is 10.9. The molecule has 0 bridgehead atoms. The number of amides is 2. The molecule has 2 amide bonds. The lowest BCUT2D eigenvalue weighted by Crippen LogP contribution is -2.18. The van der Waals surface area contributed by atoms with E-state index in [2.05, 4.69) is 20.6 Å². The van der Waals surface area contributed by atoms with E-state index in [1.807, 2.05) is 0 Å². The molecule has 0 aliphatic heterocycles. The molecule has 0 fully saturated rings. The van der Waals surface area contributed by atoms with E-state index in [1.54, 1.807) is 43.3 Å². The molecule has 2 N–H and O–H groups in total. The van der Waals surface area contributed by atoms with Gasteiger partial charge in [-0.1, -0.05) is 12.1 Å². The van der Waals surface area contributed by atoms with Gasteiger partial charge in [0.15, 0.2) is 5.76 Å². The summed E-state index contributed by atoms with van der Waals surface area (Å²) >= 11 is 0. The van der Waals surface area contributed by atoms with E-state index in [-0.39, 0.29) is 11.7 Å². The number of anilines is 1. The van der Waals surface area contributed by atoms with Crippen molar-refractivity contribution in [3.8, 4) is 0 Å². The summed E-state index contributed by atoms with van der Waals surface area (Å²) in [5.74, 6) is -0.118. The van der Waals surface area contributed by atoms with Crippen LogP contribution in [0.4, 0.5) is 10.5 Å². The van der Waals surface area contributed by atoms with Gasteiger partial charge in [0, 0.05) is 5.69 Å². The van der Waals surface area contributed by atoms with Crippen molar-refractivity contribution < 1.29 is 18.7 Å². The van der Waals surface area contributed by atoms with Gasteiger partial charge in [-0.3, -0.25) is 4.79 Å². The van der Waals surface area contributed by atoms with Crippen LogP contribution in [0.3, 0.4) is 0 Å². The Morgan fingerprint density at radius 3 is 2.73 bits per heavy atom. The van der Waals surface area contributed by atoms with Crippen molar-refractivity contribution in [3.05, 3.63) is 54.0 Å². The van der Waals surface area contributed by atoms with Crippen LogP contribution in [-0.4, -0.2) is 24.8 Å². The second kappa shape index (κ2) is 7.07. The van der Waals surface area contributed by atoms with Crippen LogP contribution in [0.15, 0.2) is 52.2 Å². The van der Waals surface area contributed by atoms with Crippen LogP contribution in [0.25, 0.3) is 0 Å². The molecule has 0 spiro atoms. The first kappa shape index (κ1) is 15.3. The molecule has 0 aliphatic carbocycles. The van der Waals surface area contributed by atoms with Crippen molar-refractivity contribution in [2.24, 2.45) is 5.10 Å². The first-order valence-corrected chi connectivity index (χ1v) is 6.43. The number of hydrazone groups is 1. The SMILES string of the molecule is COC(=O)NN=C(C)c1cccc(NC(=O)c2ccco2)c1. The van der Waals surface area contributed by atoms with Gasteiger partial charge in [0.1, 0.15) is 0 Å². The lowest BCUT2D eigenvalue weighted by atomic mass is 10.1. The van der Waals surface area contributed by atoms with Crippen molar-refractivity contribution in [1.82, 2.24) is 5.43 Å². The van der Waals surface area contributed by atoms with Crippen molar-refractivity contribution in [1.29, 1.82) is 0 Å². The predicted octanol–water partition coefficient (Wildman–Crippen LogP) is 2.61. The van der Waals surface area contributed by atoms with Crippen LogP contribution >= 0.6 is 0 Å². The van der Waals surface area contributed by atoms with E-state index in [0.717, 1.165) is 5.56 Å². The highest BCUT2D eigenvalue weighted by atomic mass is 16.5. The number of carbonyl (C=O) groups excluding carboxylic acids is 2. The topological polar surface area (TPSA) is 92.9 Å². The lowest BCUT2D eigenvalue weighted by Gasteiger charge is -2.06. The Morgan fingerprint density at radius 2 is 2.05 bits per heavy atom. The highest BCUT2D eigenvalue weighted by Gasteiger charge is 2.09. The van der Waals surface area contributed by atoms with Crippen molar-refractivity contribution in [2.45, 2.75) is 6.92 Å². The van der Waals surface area contributed by atoms with Gasteiger partial charge >= 0.3 is 6.09 Å². The average Bonchev–Trinajstić information content (AvgIpc) is 3.07. The summed E-state index contributed by atoms with van der Waals surface area (Å²) in [6.07, 6.45) is 0.780. The fourth-order valence-electron chi connectivity index (χ4n) is 1.66. The number of benzene rings is 1. The highest BCUT2D eigenvalue weighted by molar-refractivity contribution is 6.04. The minimum atomic E-state index is -0.651. The van der Waals surface area contributed by atoms with E-state index in [4.69, 9.17) is 4.42 Å². The van der Waals surface area contributed by atoms with Crippen molar-refractivity contribution in [2.75, 3.05) is 12.4 Å². The van der Waals surface area contributed by atoms with Gasteiger partial charge in [-0.05, 0) is 36.8 Å². The maximum Gasteiger partial charge on any atom is 0.427 e. The lowest BCUT2D eigenvalue weighted by molar-refractivity contribution is 0.0996. The largest absolute Gasteiger partial charge is 0.459 e. The molecule has 22 heavy (non-hydrogen) atoms. The third-order valence-electron chi connectivity index (χ3n) is 2.78.